The second-order valence-electron chi connectivity index (χ2n) is 7.57. The van der Waals surface area contributed by atoms with Crippen molar-refractivity contribution in [3.63, 3.8) is 0 Å². The molecule has 0 aromatic carbocycles. The Morgan fingerprint density at radius 2 is 2.12 bits per heavy atom. The average molecular weight is 347 g/mol. The van der Waals surface area contributed by atoms with E-state index in [9.17, 15) is 4.79 Å². The molecule has 0 aliphatic heterocycles. The van der Waals surface area contributed by atoms with Crippen LogP contribution in [-0.2, 0) is 18.3 Å². The largest absolute Gasteiger partial charge is 0.444 e. The van der Waals surface area contributed by atoms with Crippen LogP contribution in [0.5, 0.6) is 0 Å². The summed E-state index contributed by atoms with van der Waals surface area (Å²) in [5.41, 5.74) is 2.51. The van der Waals surface area contributed by atoms with Gasteiger partial charge in [0.15, 0.2) is 5.65 Å². The second-order valence-corrected chi connectivity index (χ2v) is 7.57. The van der Waals surface area contributed by atoms with Gasteiger partial charge in [-0.25, -0.2) is 9.78 Å². The predicted octanol–water partition coefficient (Wildman–Crippen LogP) is 2.62. The smallest absolute Gasteiger partial charge is 0.407 e. The van der Waals surface area contributed by atoms with E-state index in [2.05, 4.69) is 33.3 Å². The van der Waals surface area contributed by atoms with E-state index in [0.717, 1.165) is 28.8 Å². The molecule has 0 saturated heterocycles. The number of aryl methyl sites for hydroxylation is 2. The molecule has 1 N–H and O–H groups in total. The first kappa shape index (κ1) is 19.2. The molecule has 0 bridgehead atoms. The molecule has 1 amide bonds. The Morgan fingerprint density at radius 1 is 1.44 bits per heavy atom. The molecule has 2 rings (SSSR count). The Bertz CT molecular complexity index is 748. The molecule has 0 fully saturated rings. The topological polar surface area (TPSA) is 72.3 Å². The molecule has 7 heteroatoms. The van der Waals surface area contributed by atoms with Gasteiger partial charge in [0.05, 0.1) is 5.69 Å². The van der Waals surface area contributed by atoms with Gasteiger partial charge in [-0.3, -0.25) is 9.58 Å². The van der Waals surface area contributed by atoms with Crippen LogP contribution in [0.25, 0.3) is 11.0 Å². The van der Waals surface area contributed by atoms with Gasteiger partial charge >= 0.3 is 6.09 Å². The number of aromatic nitrogens is 3. The summed E-state index contributed by atoms with van der Waals surface area (Å²) in [5, 5.41) is 8.30. The van der Waals surface area contributed by atoms with Crippen molar-refractivity contribution in [3.05, 3.63) is 23.5 Å². The number of ether oxygens (including phenoxy) is 1. The first-order valence-electron chi connectivity index (χ1n) is 8.52. The maximum atomic E-state index is 11.8. The average Bonchev–Trinajstić information content (AvgIpc) is 2.77. The minimum absolute atomic E-state index is 0.165. The summed E-state index contributed by atoms with van der Waals surface area (Å²) in [6, 6.07) is 2.30. The van der Waals surface area contributed by atoms with E-state index in [-0.39, 0.29) is 12.1 Å². The fraction of sp³-hybridized carbons (Fsp3) is 0.611. The summed E-state index contributed by atoms with van der Waals surface area (Å²) in [4.78, 5) is 18.4. The van der Waals surface area contributed by atoms with E-state index < -0.39 is 5.60 Å². The number of rotatable bonds is 5. The number of fused-ring (bicyclic) bond motifs is 1. The number of carbonyl (C=O) groups excluding carboxylic acids is 1. The highest BCUT2D eigenvalue weighted by atomic mass is 16.6. The third kappa shape index (κ3) is 5.16. The molecular formula is C18H29N5O2. The van der Waals surface area contributed by atoms with Crippen LogP contribution in [0.3, 0.4) is 0 Å². The SMILES string of the molecule is Cc1nn(C)c2ncc(CN(C)C(C)CNC(=O)OC(C)(C)C)cc12. The van der Waals surface area contributed by atoms with E-state index in [1.807, 2.05) is 48.0 Å². The molecule has 0 aliphatic carbocycles. The zero-order chi connectivity index (χ0) is 18.8. The van der Waals surface area contributed by atoms with Gasteiger partial charge in [0.25, 0.3) is 0 Å². The summed E-state index contributed by atoms with van der Waals surface area (Å²) in [5.74, 6) is 0. The number of nitrogens with one attached hydrogen (secondary N) is 1. The van der Waals surface area contributed by atoms with Crippen molar-refractivity contribution in [2.24, 2.45) is 7.05 Å². The van der Waals surface area contributed by atoms with E-state index in [4.69, 9.17) is 4.74 Å². The molecule has 138 valence electrons. The lowest BCUT2D eigenvalue weighted by atomic mass is 10.2. The Hall–Kier alpha value is -2.15. The Balaban J connectivity index is 1.93. The van der Waals surface area contributed by atoms with Crippen LogP contribution < -0.4 is 5.32 Å². The van der Waals surface area contributed by atoms with Crippen molar-refractivity contribution in [1.82, 2.24) is 25.0 Å². The molecule has 25 heavy (non-hydrogen) atoms. The van der Waals surface area contributed by atoms with E-state index >= 15 is 0 Å². The lowest BCUT2D eigenvalue weighted by molar-refractivity contribution is 0.0512. The molecule has 1 atom stereocenters. The number of alkyl carbamates (subject to hydrolysis) is 1. The number of pyridine rings is 1. The Kier molecular flexibility index (Phi) is 5.67. The van der Waals surface area contributed by atoms with E-state index in [1.54, 1.807) is 4.68 Å². The highest BCUT2D eigenvalue weighted by molar-refractivity contribution is 5.78. The number of likely N-dealkylation sites (N-methyl/N-ethyl adjacent to an activating group) is 1. The normalized spacial score (nSPS) is 13.3. The predicted molar refractivity (Wildman–Crippen MR) is 98.4 cm³/mol. The van der Waals surface area contributed by atoms with Crippen molar-refractivity contribution in [2.45, 2.75) is 52.8 Å². The monoisotopic (exact) mass is 347 g/mol. The van der Waals surface area contributed by atoms with Crippen LogP contribution in [-0.4, -0.2) is 51.0 Å². The maximum Gasteiger partial charge on any atom is 0.407 e. The Labute approximate surface area is 149 Å². The zero-order valence-electron chi connectivity index (χ0n) is 16.3. The quantitative estimate of drug-likeness (QED) is 0.900. The Morgan fingerprint density at radius 3 is 2.76 bits per heavy atom. The number of amides is 1. The summed E-state index contributed by atoms with van der Waals surface area (Å²) < 4.78 is 7.06. The lowest BCUT2D eigenvalue weighted by Gasteiger charge is -2.26. The number of hydrogen-bond donors (Lipinski definition) is 1. The molecule has 2 heterocycles. The third-order valence-electron chi connectivity index (χ3n) is 4.04. The molecular weight excluding hydrogens is 318 g/mol. The van der Waals surface area contributed by atoms with Crippen LogP contribution in [0.15, 0.2) is 12.3 Å². The number of nitrogens with zero attached hydrogens (tertiary/aromatic N) is 4. The first-order valence-corrected chi connectivity index (χ1v) is 8.52. The van der Waals surface area contributed by atoms with Crippen LogP contribution in [0.1, 0.15) is 39.0 Å². The number of carbonyl (C=O) groups is 1. The molecule has 0 radical (unpaired) electrons. The van der Waals surface area contributed by atoms with Gasteiger partial charge in [-0.05, 0) is 53.3 Å². The minimum Gasteiger partial charge on any atom is -0.444 e. The van der Waals surface area contributed by atoms with Gasteiger partial charge in [-0.1, -0.05) is 0 Å². The van der Waals surface area contributed by atoms with Crippen molar-refractivity contribution in [1.29, 1.82) is 0 Å². The molecule has 2 aromatic heterocycles. The molecule has 1 unspecified atom stereocenters. The first-order chi connectivity index (χ1) is 11.6. The van der Waals surface area contributed by atoms with Crippen LogP contribution >= 0.6 is 0 Å². The zero-order valence-corrected chi connectivity index (χ0v) is 16.3. The van der Waals surface area contributed by atoms with Gasteiger partial charge in [0, 0.05) is 37.8 Å². The van der Waals surface area contributed by atoms with Gasteiger partial charge in [-0.15, -0.1) is 0 Å². The third-order valence-corrected chi connectivity index (χ3v) is 4.04. The highest BCUT2D eigenvalue weighted by Crippen LogP contribution is 2.17. The van der Waals surface area contributed by atoms with Gasteiger partial charge in [0.1, 0.15) is 5.60 Å². The van der Waals surface area contributed by atoms with Crippen molar-refractivity contribution in [2.75, 3.05) is 13.6 Å². The highest BCUT2D eigenvalue weighted by Gasteiger charge is 2.18. The van der Waals surface area contributed by atoms with Gasteiger partial charge in [0.2, 0.25) is 0 Å². The second kappa shape index (κ2) is 7.39. The summed E-state index contributed by atoms with van der Waals surface area (Å²) >= 11 is 0. The van der Waals surface area contributed by atoms with Crippen molar-refractivity contribution < 1.29 is 9.53 Å². The number of hydrogen-bond acceptors (Lipinski definition) is 5. The molecule has 7 nitrogen and oxygen atoms in total. The summed E-state index contributed by atoms with van der Waals surface area (Å²) in [7, 11) is 3.93. The van der Waals surface area contributed by atoms with Gasteiger partial charge < -0.3 is 10.1 Å². The van der Waals surface area contributed by atoms with E-state index in [1.165, 1.54) is 0 Å². The molecule has 0 saturated carbocycles. The van der Waals surface area contributed by atoms with Crippen LogP contribution in [0, 0.1) is 6.92 Å². The molecule has 2 aromatic rings. The molecule has 0 spiro atoms. The van der Waals surface area contributed by atoms with Crippen molar-refractivity contribution in [3.8, 4) is 0 Å². The summed E-state index contributed by atoms with van der Waals surface area (Å²) in [6.45, 7) is 10.9. The van der Waals surface area contributed by atoms with Crippen LogP contribution in [0.4, 0.5) is 4.79 Å². The standard InChI is InChI=1S/C18H29N5O2/c1-12(9-20-17(24)25-18(3,4)5)22(6)11-14-8-15-13(2)21-23(7)16(15)19-10-14/h8,10,12H,9,11H2,1-7H3,(H,20,24). The maximum absolute atomic E-state index is 11.8. The van der Waals surface area contributed by atoms with Gasteiger partial charge in [-0.2, -0.15) is 5.10 Å². The molecule has 0 aliphatic rings. The fourth-order valence-corrected chi connectivity index (χ4v) is 2.58. The summed E-state index contributed by atoms with van der Waals surface area (Å²) in [6.07, 6.45) is 1.50. The van der Waals surface area contributed by atoms with Crippen LogP contribution in [0.2, 0.25) is 0 Å². The lowest BCUT2D eigenvalue weighted by Crippen LogP contribution is -2.41. The van der Waals surface area contributed by atoms with E-state index in [0.29, 0.717) is 6.54 Å². The fourth-order valence-electron chi connectivity index (χ4n) is 2.58. The van der Waals surface area contributed by atoms with Crippen molar-refractivity contribution >= 4 is 17.1 Å². The minimum atomic E-state index is -0.484.